The van der Waals surface area contributed by atoms with Gasteiger partial charge >= 0.3 is 0 Å². The summed E-state index contributed by atoms with van der Waals surface area (Å²) in [6.45, 7) is 23.0. The van der Waals surface area contributed by atoms with Gasteiger partial charge in [0.25, 0.3) is 0 Å². The molecule has 0 saturated carbocycles. The number of nitrogens with zero attached hydrogens (tertiary/aromatic N) is 2. The maximum absolute atomic E-state index is 13.1. The minimum atomic E-state index is -3.06. The Balaban J connectivity index is 3.16. The quantitative estimate of drug-likeness (QED) is 0.572. The van der Waals surface area contributed by atoms with E-state index in [1.165, 1.54) is 6.20 Å². The van der Waals surface area contributed by atoms with Gasteiger partial charge in [0.2, 0.25) is 0 Å². The van der Waals surface area contributed by atoms with Crippen LogP contribution in [-0.4, -0.2) is 37.5 Å². The highest BCUT2D eigenvalue weighted by Gasteiger charge is 2.41. The van der Waals surface area contributed by atoms with Crippen LogP contribution in [0.4, 0.5) is 0 Å². The Morgan fingerprint density at radius 1 is 1.14 bits per heavy atom. The van der Waals surface area contributed by atoms with Crippen molar-refractivity contribution in [3.8, 4) is 0 Å². The molecule has 10 heteroatoms. The molecule has 0 bridgehead atoms. The first kappa shape index (κ1) is 25.9. The van der Waals surface area contributed by atoms with Crippen molar-refractivity contribution < 1.29 is 13.7 Å². The molecular weight excluding hydrogens is 427 g/mol. The zero-order chi connectivity index (χ0) is 22.4. The minimum Gasteiger partial charge on any atom is -0.413 e. The fourth-order valence-corrected chi connectivity index (χ4v) is 8.94. The monoisotopic (exact) mass is 465 g/mol. The zero-order valence-electron chi connectivity index (χ0n) is 19.3. The third kappa shape index (κ3) is 5.96. The maximum Gasteiger partial charge on any atom is 0.195 e. The first-order valence-corrected chi connectivity index (χ1v) is 17.8. The van der Waals surface area contributed by atoms with Crippen LogP contribution in [0.25, 0.3) is 0 Å². The number of rotatable bonds is 6. The molecule has 3 N–H and O–H groups in total. The number of hydrogen-bond donors (Lipinski definition) is 2. The standard InChI is InChI=1S/C18H39N3O3S2Si2/c1-16(2,3)27(8,9)21-26(19,23)14-12-20-15(25-14)18(7,22)13-24-28(10,11)17(4,5)6/h12,22H,13H2,1-11H3,(H2,19,21,23)/t18-,26?/m0/s1. The van der Waals surface area contributed by atoms with E-state index in [1.807, 2.05) is 0 Å². The van der Waals surface area contributed by atoms with Gasteiger partial charge in [-0.15, -0.1) is 11.3 Å². The molecule has 0 spiro atoms. The Morgan fingerprint density at radius 2 is 1.64 bits per heavy atom. The van der Waals surface area contributed by atoms with Crippen LogP contribution in [-0.2, 0) is 19.9 Å². The van der Waals surface area contributed by atoms with E-state index in [0.29, 0.717) is 9.22 Å². The average molecular weight is 466 g/mol. The average Bonchev–Trinajstić information content (AvgIpc) is 2.93. The Labute approximate surface area is 177 Å². The topological polar surface area (TPSA) is 97.8 Å². The maximum atomic E-state index is 13.1. The summed E-state index contributed by atoms with van der Waals surface area (Å²) < 4.78 is 24.3. The summed E-state index contributed by atoms with van der Waals surface area (Å²) in [6.07, 6.45) is 1.49. The highest BCUT2D eigenvalue weighted by molar-refractivity contribution is 7.94. The molecule has 1 heterocycles. The summed E-state index contributed by atoms with van der Waals surface area (Å²) in [6, 6.07) is 0. The van der Waals surface area contributed by atoms with E-state index in [2.05, 4.69) is 76.7 Å². The summed E-state index contributed by atoms with van der Waals surface area (Å²) >= 11 is 1.16. The first-order valence-electron chi connectivity index (χ1n) is 9.51. The molecule has 164 valence electrons. The normalized spacial score (nSPS) is 18.5. The molecule has 28 heavy (non-hydrogen) atoms. The second-order valence-electron chi connectivity index (χ2n) is 10.8. The fourth-order valence-electron chi connectivity index (χ4n) is 1.76. The summed E-state index contributed by atoms with van der Waals surface area (Å²) in [4.78, 5) is 4.31. The predicted molar refractivity (Wildman–Crippen MR) is 125 cm³/mol. The molecule has 0 saturated heterocycles. The molecule has 1 rings (SSSR count). The number of aromatic nitrogens is 1. The van der Waals surface area contributed by atoms with Gasteiger partial charge in [-0.2, -0.15) is 0 Å². The third-order valence-corrected chi connectivity index (χ3v) is 19.7. The van der Waals surface area contributed by atoms with E-state index in [1.54, 1.807) is 6.92 Å². The van der Waals surface area contributed by atoms with Crippen LogP contribution in [0.5, 0.6) is 0 Å². The minimum absolute atomic E-state index is 0.0464. The fraction of sp³-hybridized carbons (Fsp3) is 0.833. The van der Waals surface area contributed by atoms with E-state index in [0.717, 1.165) is 11.3 Å². The van der Waals surface area contributed by atoms with Crippen LogP contribution in [0.1, 0.15) is 53.5 Å². The zero-order valence-corrected chi connectivity index (χ0v) is 23.0. The number of nitrogens with two attached hydrogens (primary N) is 1. The summed E-state index contributed by atoms with van der Waals surface area (Å²) in [5.41, 5.74) is -1.27. The van der Waals surface area contributed by atoms with E-state index in [-0.39, 0.29) is 16.7 Å². The van der Waals surface area contributed by atoms with Gasteiger partial charge in [0.15, 0.2) is 16.6 Å². The van der Waals surface area contributed by atoms with Crippen molar-refractivity contribution >= 4 is 37.8 Å². The van der Waals surface area contributed by atoms with Crippen LogP contribution < -0.4 is 5.14 Å². The Kier molecular flexibility index (Phi) is 7.28. The van der Waals surface area contributed by atoms with E-state index >= 15 is 0 Å². The summed E-state index contributed by atoms with van der Waals surface area (Å²) in [5, 5.41) is 17.5. The van der Waals surface area contributed by atoms with Crippen LogP contribution in [0, 0.1) is 0 Å². The van der Waals surface area contributed by atoms with E-state index < -0.39 is 32.1 Å². The Hall–Kier alpha value is -0.106. The van der Waals surface area contributed by atoms with Crippen LogP contribution in [0.15, 0.2) is 14.4 Å². The molecule has 6 nitrogen and oxygen atoms in total. The van der Waals surface area contributed by atoms with Gasteiger partial charge in [-0.1, -0.05) is 41.5 Å². The van der Waals surface area contributed by atoms with Gasteiger partial charge < -0.3 is 9.53 Å². The van der Waals surface area contributed by atoms with Gasteiger partial charge in [-0.05, 0) is 43.2 Å². The molecular formula is C18H39N3O3S2Si2. The van der Waals surface area contributed by atoms with Crippen molar-refractivity contribution in [3.63, 3.8) is 0 Å². The van der Waals surface area contributed by atoms with Gasteiger partial charge in [0.1, 0.15) is 24.7 Å². The molecule has 1 unspecified atom stereocenters. The summed E-state index contributed by atoms with van der Waals surface area (Å²) in [5.74, 6) is 0. The van der Waals surface area contributed by atoms with Crippen molar-refractivity contribution in [2.45, 2.75) is 94.5 Å². The molecule has 2 atom stereocenters. The Morgan fingerprint density at radius 3 is 2.07 bits per heavy atom. The third-order valence-electron chi connectivity index (χ3n) is 5.95. The molecule has 0 radical (unpaired) electrons. The molecule has 0 aromatic carbocycles. The largest absolute Gasteiger partial charge is 0.413 e. The first-order chi connectivity index (χ1) is 12.1. The van der Waals surface area contributed by atoms with E-state index in [4.69, 9.17) is 9.56 Å². The lowest BCUT2D eigenvalue weighted by molar-refractivity contribution is 0.00244. The summed E-state index contributed by atoms with van der Waals surface area (Å²) in [7, 11) is -7.26. The van der Waals surface area contributed by atoms with Gasteiger partial charge in [-0.25, -0.2) is 14.3 Å². The van der Waals surface area contributed by atoms with Gasteiger partial charge in [0.05, 0.1) is 12.8 Å². The van der Waals surface area contributed by atoms with Crippen molar-refractivity contribution in [1.82, 2.24) is 4.98 Å². The van der Waals surface area contributed by atoms with Crippen molar-refractivity contribution in [2.75, 3.05) is 6.61 Å². The molecule has 0 amide bonds. The van der Waals surface area contributed by atoms with Crippen LogP contribution >= 0.6 is 11.3 Å². The Bertz CT molecular complexity index is 813. The number of hydrogen-bond acceptors (Lipinski definition) is 6. The lowest BCUT2D eigenvalue weighted by Gasteiger charge is -2.38. The second-order valence-corrected chi connectivity index (χ2v) is 23.8. The predicted octanol–water partition coefficient (Wildman–Crippen LogP) is 5.08. The molecule has 1 aromatic rings. The van der Waals surface area contributed by atoms with E-state index in [9.17, 15) is 9.32 Å². The van der Waals surface area contributed by atoms with Gasteiger partial charge in [0, 0.05) is 0 Å². The number of thiazole rings is 1. The lowest BCUT2D eigenvalue weighted by atomic mass is 10.1. The SMILES string of the molecule is CC(C)(C)[Si](C)(C)N=S(N)(=O)c1cnc([C@@](C)(O)CO[Si](C)(C)C(C)(C)C)s1. The molecule has 0 fully saturated rings. The highest BCUT2D eigenvalue weighted by Crippen LogP contribution is 2.40. The molecule has 0 aliphatic rings. The molecule has 1 aromatic heterocycles. The lowest BCUT2D eigenvalue weighted by Crippen LogP contribution is -2.44. The second kappa shape index (κ2) is 7.86. The van der Waals surface area contributed by atoms with Crippen molar-refractivity contribution in [2.24, 2.45) is 9.17 Å². The molecule has 0 aliphatic carbocycles. The smallest absolute Gasteiger partial charge is 0.195 e. The van der Waals surface area contributed by atoms with Crippen LogP contribution in [0.3, 0.4) is 0 Å². The van der Waals surface area contributed by atoms with Crippen molar-refractivity contribution in [1.29, 1.82) is 0 Å². The van der Waals surface area contributed by atoms with Gasteiger partial charge in [-0.3, -0.25) is 4.03 Å². The number of aliphatic hydroxyl groups is 1. The molecule has 0 aliphatic heterocycles. The van der Waals surface area contributed by atoms with Crippen LogP contribution in [0.2, 0.25) is 36.3 Å². The van der Waals surface area contributed by atoms with Crippen molar-refractivity contribution in [3.05, 3.63) is 11.2 Å². The highest BCUT2D eigenvalue weighted by atomic mass is 32.2.